The van der Waals surface area contributed by atoms with E-state index in [2.05, 4.69) is 62.1 Å². The van der Waals surface area contributed by atoms with Gasteiger partial charge in [-0.25, -0.2) is 4.98 Å². The van der Waals surface area contributed by atoms with Crippen LogP contribution >= 0.6 is 0 Å². The molecule has 1 aromatic heterocycles. The molecule has 0 radical (unpaired) electrons. The van der Waals surface area contributed by atoms with Crippen molar-refractivity contribution in [2.24, 2.45) is 5.92 Å². The first-order valence-corrected chi connectivity index (χ1v) is 6.38. The van der Waals surface area contributed by atoms with Crippen LogP contribution in [0.15, 0.2) is 18.3 Å². The number of hydrogen-bond donors (Lipinski definition) is 1. The Morgan fingerprint density at radius 1 is 1.29 bits per heavy atom. The molecule has 0 bridgehead atoms. The van der Waals surface area contributed by atoms with Gasteiger partial charge >= 0.3 is 0 Å². The summed E-state index contributed by atoms with van der Waals surface area (Å²) >= 11 is 0. The number of rotatable bonds is 6. The molecule has 0 aliphatic heterocycles. The average Bonchev–Trinajstić information content (AvgIpc) is 2.26. The van der Waals surface area contributed by atoms with Gasteiger partial charge in [0, 0.05) is 32.4 Å². The molecule has 0 amide bonds. The molecule has 0 aliphatic rings. The van der Waals surface area contributed by atoms with E-state index >= 15 is 0 Å². The van der Waals surface area contributed by atoms with E-state index in [1.165, 1.54) is 5.56 Å². The maximum absolute atomic E-state index is 4.42. The van der Waals surface area contributed by atoms with Crippen molar-refractivity contribution in [3.05, 3.63) is 23.9 Å². The Morgan fingerprint density at radius 3 is 2.59 bits per heavy atom. The Kier molecular flexibility index (Phi) is 5.42. The van der Waals surface area contributed by atoms with E-state index in [4.69, 9.17) is 0 Å². The second kappa shape index (κ2) is 6.60. The van der Waals surface area contributed by atoms with E-state index in [-0.39, 0.29) is 0 Å². The molecule has 1 aromatic rings. The molecule has 1 N–H and O–H groups in total. The zero-order valence-corrected chi connectivity index (χ0v) is 11.7. The van der Waals surface area contributed by atoms with Crippen molar-refractivity contribution in [1.29, 1.82) is 0 Å². The van der Waals surface area contributed by atoms with E-state index in [9.17, 15) is 0 Å². The van der Waals surface area contributed by atoms with Gasteiger partial charge in [-0.2, -0.15) is 0 Å². The molecule has 1 heterocycles. The first kappa shape index (κ1) is 14.0. The maximum Gasteiger partial charge on any atom is 0.128 e. The zero-order valence-electron chi connectivity index (χ0n) is 11.7. The van der Waals surface area contributed by atoms with Crippen molar-refractivity contribution < 1.29 is 0 Å². The highest BCUT2D eigenvalue weighted by Gasteiger charge is 2.05. The third-order valence-corrected chi connectivity index (χ3v) is 2.55. The fourth-order valence-corrected chi connectivity index (χ4v) is 1.74. The minimum absolute atomic E-state index is 0.514. The van der Waals surface area contributed by atoms with Crippen LogP contribution in [-0.4, -0.2) is 24.6 Å². The van der Waals surface area contributed by atoms with E-state index in [1.807, 2.05) is 6.20 Å². The highest BCUT2D eigenvalue weighted by Crippen LogP contribution is 2.12. The molecule has 0 fully saturated rings. The van der Waals surface area contributed by atoms with Crippen LogP contribution in [-0.2, 0) is 6.54 Å². The standard InChI is InChI=1S/C14H25N3/c1-11(2)10-17(5)14-8-13(6-7-15-14)9-16-12(3)4/h6-8,11-12,16H,9-10H2,1-5H3. The summed E-state index contributed by atoms with van der Waals surface area (Å²) in [6.07, 6.45) is 1.89. The van der Waals surface area contributed by atoms with Crippen LogP contribution in [0.25, 0.3) is 0 Å². The Balaban J connectivity index is 2.64. The summed E-state index contributed by atoms with van der Waals surface area (Å²) in [5, 5.41) is 3.42. The van der Waals surface area contributed by atoms with Gasteiger partial charge in [-0.3, -0.25) is 0 Å². The second-order valence-corrected chi connectivity index (χ2v) is 5.33. The lowest BCUT2D eigenvalue weighted by Crippen LogP contribution is -2.24. The highest BCUT2D eigenvalue weighted by molar-refractivity contribution is 5.40. The van der Waals surface area contributed by atoms with Crippen LogP contribution in [0, 0.1) is 5.92 Å². The number of aromatic nitrogens is 1. The van der Waals surface area contributed by atoms with Crippen LogP contribution in [0.5, 0.6) is 0 Å². The molecule has 1 rings (SSSR count). The number of nitrogens with one attached hydrogen (secondary N) is 1. The predicted octanol–water partition coefficient (Wildman–Crippen LogP) is 2.67. The van der Waals surface area contributed by atoms with Crippen molar-refractivity contribution >= 4 is 5.82 Å². The molecule has 0 saturated heterocycles. The normalized spacial score (nSPS) is 11.2. The first-order chi connectivity index (χ1) is 7.99. The van der Waals surface area contributed by atoms with Gasteiger partial charge in [0.2, 0.25) is 0 Å². The van der Waals surface area contributed by atoms with Crippen molar-refractivity contribution in [1.82, 2.24) is 10.3 Å². The molecule has 3 nitrogen and oxygen atoms in total. The van der Waals surface area contributed by atoms with Gasteiger partial charge in [0.15, 0.2) is 0 Å². The fourth-order valence-electron chi connectivity index (χ4n) is 1.74. The van der Waals surface area contributed by atoms with E-state index in [0.29, 0.717) is 12.0 Å². The lowest BCUT2D eigenvalue weighted by molar-refractivity contribution is 0.588. The van der Waals surface area contributed by atoms with E-state index < -0.39 is 0 Å². The molecule has 0 unspecified atom stereocenters. The topological polar surface area (TPSA) is 28.2 Å². The average molecular weight is 235 g/mol. The first-order valence-electron chi connectivity index (χ1n) is 6.38. The summed E-state index contributed by atoms with van der Waals surface area (Å²) in [7, 11) is 2.10. The Bertz CT molecular complexity index is 334. The van der Waals surface area contributed by atoms with Crippen molar-refractivity contribution in [3.8, 4) is 0 Å². The summed E-state index contributed by atoms with van der Waals surface area (Å²) in [5.74, 6) is 1.71. The van der Waals surface area contributed by atoms with Gasteiger partial charge in [0.05, 0.1) is 0 Å². The predicted molar refractivity (Wildman–Crippen MR) is 74.3 cm³/mol. The molecule has 17 heavy (non-hydrogen) atoms. The number of pyridine rings is 1. The lowest BCUT2D eigenvalue weighted by Gasteiger charge is -2.21. The summed E-state index contributed by atoms with van der Waals surface area (Å²) in [6.45, 7) is 10.7. The Labute approximate surface area is 105 Å². The number of nitrogens with zero attached hydrogens (tertiary/aromatic N) is 2. The van der Waals surface area contributed by atoms with Gasteiger partial charge in [0.25, 0.3) is 0 Å². The van der Waals surface area contributed by atoms with Crippen molar-refractivity contribution in [2.75, 3.05) is 18.5 Å². The molecular formula is C14H25N3. The van der Waals surface area contributed by atoms with Crippen LogP contribution in [0.1, 0.15) is 33.3 Å². The van der Waals surface area contributed by atoms with Crippen LogP contribution in [0.3, 0.4) is 0 Å². The third kappa shape index (κ3) is 5.18. The van der Waals surface area contributed by atoms with Crippen LogP contribution < -0.4 is 10.2 Å². The Morgan fingerprint density at radius 2 is 2.00 bits per heavy atom. The monoisotopic (exact) mass is 235 g/mol. The minimum Gasteiger partial charge on any atom is -0.359 e. The molecule has 0 spiro atoms. The van der Waals surface area contributed by atoms with Crippen molar-refractivity contribution in [2.45, 2.75) is 40.3 Å². The summed E-state index contributed by atoms with van der Waals surface area (Å²) in [5.41, 5.74) is 1.29. The van der Waals surface area contributed by atoms with Gasteiger partial charge in [-0.15, -0.1) is 0 Å². The summed E-state index contributed by atoms with van der Waals surface area (Å²) in [4.78, 5) is 6.63. The van der Waals surface area contributed by atoms with Crippen LogP contribution in [0.2, 0.25) is 0 Å². The van der Waals surface area contributed by atoms with Crippen LogP contribution in [0.4, 0.5) is 5.82 Å². The third-order valence-electron chi connectivity index (χ3n) is 2.55. The number of hydrogen-bond acceptors (Lipinski definition) is 3. The molecule has 0 saturated carbocycles. The fraction of sp³-hybridized carbons (Fsp3) is 0.643. The quantitative estimate of drug-likeness (QED) is 0.821. The largest absolute Gasteiger partial charge is 0.359 e. The molecule has 0 atom stereocenters. The van der Waals surface area contributed by atoms with Gasteiger partial charge in [0.1, 0.15) is 5.82 Å². The highest BCUT2D eigenvalue weighted by atomic mass is 15.2. The molecule has 96 valence electrons. The zero-order chi connectivity index (χ0) is 12.8. The molecule has 0 aliphatic carbocycles. The van der Waals surface area contributed by atoms with Gasteiger partial charge in [-0.05, 0) is 23.6 Å². The van der Waals surface area contributed by atoms with Crippen molar-refractivity contribution in [3.63, 3.8) is 0 Å². The van der Waals surface area contributed by atoms with E-state index in [1.54, 1.807) is 0 Å². The smallest absolute Gasteiger partial charge is 0.128 e. The SMILES string of the molecule is CC(C)CN(C)c1cc(CNC(C)C)ccn1. The molecule has 0 aromatic carbocycles. The van der Waals surface area contributed by atoms with E-state index in [0.717, 1.165) is 18.9 Å². The molecular weight excluding hydrogens is 210 g/mol. The second-order valence-electron chi connectivity index (χ2n) is 5.33. The van der Waals surface area contributed by atoms with Gasteiger partial charge in [-0.1, -0.05) is 27.7 Å². The minimum atomic E-state index is 0.514. The van der Waals surface area contributed by atoms with Gasteiger partial charge < -0.3 is 10.2 Å². The lowest BCUT2D eigenvalue weighted by atomic mass is 10.2. The maximum atomic E-state index is 4.42. The summed E-state index contributed by atoms with van der Waals surface area (Å²) < 4.78 is 0. The Hall–Kier alpha value is -1.09. The summed E-state index contributed by atoms with van der Waals surface area (Å²) in [6, 6.07) is 4.75. The molecule has 3 heteroatoms. The number of anilines is 1.